The van der Waals surface area contributed by atoms with Gasteiger partial charge in [0.25, 0.3) is 5.91 Å². The lowest BCUT2D eigenvalue weighted by Crippen LogP contribution is -2.41. The molecule has 5 rings (SSSR count). The molecule has 1 atom stereocenters. The Morgan fingerprint density at radius 2 is 1.72 bits per heavy atom. The number of likely N-dealkylation sites (tertiary alicyclic amines) is 1. The summed E-state index contributed by atoms with van der Waals surface area (Å²) in [7, 11) is 0. The quantitative estimate of drug-likeness (QED) is 0.414. The van der Waals surface area contributed by atoms with Crippen molar-refractivity contribution < 1.29 is 14.3 Å². The van der Waals surface area contributed by atoms with E-state index in [4.69, 9.17) is 15.6 Å². The number of nitrogens with two attached hydrogens (primary N) is 1. The molecule has 0 saturated carbocycles. The minimum atomic E-state index is -0.504. The average molecular weight is 506 g/mol. The smallest absolute Gasteiger partial charge is 0.254 e. The third-order valence-electron chi connectivity index (χ3n) is 7.07. The molecular weight excluding hydrogens is 474 g/mol. The van der Waals surface area contributed by atoms with Crippen molar-refractivity contribution in [3.8, 4) is 22.8 Å². The number of fused-ring (bicyclic) bond motifs is 1. The summed E-state index contributed by atoms with van der Waals surface area (Å²) in [6.45, 7) is 2.24. The molecule has 3 aromatic rings. The first kappa shape index (κ1) is 24.2. The maximum absolute atomic E-state index is 12.6. The van der Waals surface area contributed by atoms with Gasteiger partial charge in [0.15, 0.2) is 0 Å². The van der Waals surface area contributed by atoms with Crippen molar-refractivity contribution in [1.29, 1.82) is 0 Å². The van der Waals surface area contributed by atoms with Gasteiger partial charge in [0.2, 0.25) is 5.91 Å². The first-order chi connectivity index (χ1) is 17.5. The van der Waals surface area contributed by atoms with Crippen LogP contribution in [0.25, 0.3) is 11.3 Å². The molecule has 0 radical (unpaired) electrons. The monoisotopic (exact) mass is 505 g/mol. The first-order valence-electron chi connectivity index (χ1n) is 12.4. The number of benzene rings is 2. The number of carbonyl (C=O) groups excluding carboxylic acids is 2. The van der Waals surface area contributed by atoms with Crippen molar-refractivity contribution in [1.82, 2.24) is 14.7 Å². The van der Waals surface area contributed by atoms with Gasteiger partial charge in [-0.1, -0.05) is 18.2 Å². The van der Waals surface area contributed by atoms with Crippen LogP contribution in [0.4, 0.5) is 5.82 Å². The molecular formula is C27H31N5O3S. The molecule has 2 amide bonds. The predicted octanol–water partition coefficient (Wildman–Crippen LogP) is 4.36. The number of rotatable bonds is 7. The molecule has 36 heavy (non-hydrogen) atoms. The number of primary amides is 1. The second kappa shape index (κ2) is 10.7. The molecule has 0 spiro atoms. The van der Waals surface area contributed by atoms with E-state index in [2.05, 4.69) is 17.9 Å². The number of hydrogen-bond donors (Lipinski definition) is 3. The van der Waals surface area contributed by atoms with Crippen LogP contribution in [0.5, 0.6) is 11.5 Å². The van der Waals surface area contributed by atoms with Crippen LogP contribution in [0.15, 0.2) is 54.6 Å². The van der Waals surface area contributed by atoms with E-state index in [0.717, 1.165) is 50.2 Å². The van der Waals surface area contributed by atoms with E-state index in [1.54, 1.807) is 0 Å². The van der Waals surface area contributed by atoms with Gasteiger partial charge < -0.3 is 20.7 Å². The highest BCUT2D eigenvalue weighted by atomic mass is 32.1. The Morgan fingerprint density at radius 1 is 1.03 bits per heavy atom. The fourth-order valence-electron chi connectivity index (χ4n) is 5.27. The lowest BCUT2D eigenvalue weighted by atomic mass is 9.86. The topological polar surface area (TPSA) is 102 Å². The SMILES string of the molecule is NC(=O)c1c(-c2ccc(Oc3ccccc3)cc2)nn2c1NCC[C@H]2C1CCN(C(=O)CCS)CC1. The van der Waals surface area contributed by atoms with E-state index in [0.29, 0.717) is 40.9 Å². The molecule has 0 aliphatic carbocycles. The number of nitrogens with zero attached hydrogens (tertiary/aromatic N) is 3. The van der Waals surface area contributed by atoms with Gasteiger partial charge in [-0.05, 0) is 67.3 Å². The fourth-order valence-corrected chi connectivity index (χ4v) is 5.46. The second-order valence-corrected chi connectivity index (χ2v) is 9.74. The van der Waals surface area contributed by atoms with E-state index < -0.39 is 5.91 Å². The van der Waals surface area contributed by atoms with Crippen molar-refractivity contribution in [3.63, 3.8) is 0 Å². The number of ether oxygens (including phenoxy) is 1. The molecule has 1 saturated heterocycles. The predicted molar refractivity (Wildman–Crippen MR) is 143 cm³/mol. The highest BCUT2D eigenvalue weighted by Gasteiger charge is 2.35. The number of carbonyl (C=O) groups is 2. The molecule has 188 valence electrons. The summed E-state index contributed by atoms with van der Waals surface area (Å²) in [6, 6.07) is 17.3. The number of para-hydroxylation sites is 1. The van der Waals surface area contributed by atoms with Gasteiger partial charge in [0.05, 0.1) is 6.04 Å². The molecule has 8 nitrogen and oxygen atoms in total. The first-order valence-corrected chi connectivity index (χ1v) is 13.1. The number of thiol groups is 1. The normalized spacial score (nSPS) is 17.8. The average Bonchev–Trinajstić information content (AvgIpc) is 3.30. The summed E-state index contributed by atoms with van der Waals surface area (Å²) >= 11 is 4.19. The van der Waals surface area contributed by atoms with Crippen LogP contribution in [0.3, 0.4) is 0 Å². The number of anilines is 1. The number of aromatic nitrogens is 2. The number of hydrogen-bond acceptors (Lipinski definition) is 6. The third-order valence-corrected chi connectivity index (χ3v) is 7.30. The third kappa shape index (κ3) is 4.93. The van der Waals surface area contributed by atoms with Gasteiger partial charge in [-0.25, -0.2) is 4.68 Å². The molecule has 2 aliphatic heterocycles. The minimum Gasteiger partial charge on any atom is -0.457 e. The lowest BCUT2D eigenvalue weighted by molar-refractivity contribution is -0.132. The van der Waals surface area contributed by atoms with E-state index in [-0.39, 0.29) is 11.9 Å². The van der Waals surface area contributed by atoms with E-state index in [1.807, 2.05) is 64.2 Å². The maximum atomic E-state index is 12.6. The van der Waals surface area contributed by atoms with Gasteiger partial charge in [0, 0.05) is 31.6 Å². The summed E-state index contributed by atoms with van der Waals surface area (Å²) in [4.78, 5) is 26.8. The van der Waals surface area contributed by atoms with Gasteiger partial charge in [-0.2, -0.15) is 17.7 Å². The standard InChI is InChI=1S/C27H31N5O3S/c28-26(34)24-25(19-6-8-21(9-7-19)35-20-4-2-1-3-5-20)30-32-22(10-14-29-27(24)32)18-11-15-31(16-12-18)23(33)13-17-36/h1-9,18,22,29,36H,10-17H2,(H2,28,34)/t22-/m0/s1. The van der Waals surface area contributed by atoms with Crippen molar-refractivity contribution >= 4 is 30.3 Å². The summed E-state index contributed by atoms with van der Waals surface area (Å²) in [5.74, 6) is 2.76. The number of nitrogens with one attached hydrogen (secondary N) is 1. The highest BCUT2D eigenvalue weighted by molar-refractivity contribution is 7.80. The van der Waals surface area contributed by atoms with Crippen LogP contribution in [-0.2, 0) is 4.79 Å². The zero-order valence-corrected chi connectivity index (χ0v) is 21.0. The van der Waals surface area contributed by atoms with Crippen molar-refractivity contribution in [2.24, 2.45) is 11.7 Å². The van der Waals surface area contributed by atoms with E-state index >= 15 is 0 Å². The largest absolute Gasteiger partial charge is 0.457 e. The lowest BCUT2D eigenvalue weighted by Gasteiger charge is -2.38. The van der Waals surface area contributed by atoms with Crippen LogP contribution >= 0.6 is 12.6 Å². The maximum Gasteiger partial charge on any atom is 0.254 e. The summed E-state index contributed by atoms with van der Waals surface area (Å²) < 4.78 is 7.86. The Balaban J connectivity index is 1.38. The van der Waals surface area contributed by atoms with Crippen LogP contribution < -0.4 is 15.8 Å². The van der Waals surface area contributed by atoms with Crippen LogP contribution in [0, 0.1) is 5.92 Å². The van der Waals surface area contributed by atoms with Gasteiger partial charge in [-0.3, -0.25) is 9.59 Å². The summed E-state index contributed by atoms with van der Waals surface area (Å²) in [5, 5.41) is 8.28. The zero-order valence-electron chi connectivity index (χ0n) is 20.1. The van der Waals surface area contributed by atoms with Crippen LogP contribution in [-0.4, -0.2) is 51.9 Å². The molecule has 2 aliphatic rings. The van der Waals surface area contributed by atoms with Gasteiger partial charge in [0.1, 0.15) is 28.6 Å². The van der Waals surface area contributed by atoms with Crippen molar-refractivity contribution in [3.05, 3.63) is 60.2 Å². The van der Waals surface area contributed by atoms with Crippen molar-refractivity contribution in [2.75, 3.05) is 30.7 Å². The zero-order chi connectivity index (χ0) is 25.1. The Morgan fingerprint density at radius 3 is 2.39 bits per heavy atom. The Labute approximate surface area is 216 Å². The molecule has 1 aromatic heterocycles. The van der Waals surface area contributed by atoms with Crippen molar-refractivity contribution in [2.45, 2.75) is 31.7 Å². The Hall–Kier alpha value is -3.46. The van der Waals surface area contributed by atoms with Gasteiger partial charge >= 0.3 is 0 Å². The molecule has 1 fully saturated rings. The minimum absolute atomic E-state index is 0.149. The van der Waals surface area contributed by atoms with Crippen LogP contribution in [0.2, 0.25) is 0 Å². The second-order valence-electron chi connectivity index (χ2n) is 9.30. The van der Waals surface area contributed by atoms with E-state index in [1.165, 1.54) is 0 Å². The fraction of sp³-hybridized carbons (Fsp3) is 0.370. The molecule has 0 unspecified atom stereocenters. The molecule has 0 bridgehead atoms. The molecule has 3 heterocycles. The summed E-state index contributed by atoms with van der Waals surface area (Å²) in [6.07, 6.45) is 3.21. The van der Waals surface area contributed by atoms with Crippen LogP contribution in [0.1, 0.15) is 42.1 Å². The highest BCUT2D eigenvalue weighted by Crippen LogP contribution is 2.40. The van der Waals surface area contributed by atoms with E-state index in [9.17, 15) is 9.59 Å². The summed E-state index contributed by atoms with van der Waals surface area (Å²) in [5.41, 5.74) is 7.64. The molecule has 9 heteroatoms. The molecule has 2 aromatic carbocycles. The molecule has 3 N–H and O–H groups in total. The Kier molecular flexibility index (Phi) is 7.18. The Bertz CT molecular complexity index is 1220. The van der Waals surface area contributed by atoms with Gasteiger partial charge in [-0.15, -0.1) is 0 Å². The number of amides is 2. The number of piperidine rings is 1.